The largest absolute Gasteiger partial charge is 0.353 e. The fourth-order valence-electron chi connectivity index (χ4n) is 3.73. The lowest BCUT2D eigenvalue weighted by molar-refractivity contribution is -0.127. The number of hydrogen-bond acceptors (Lipinski definition) is 3. The second-order valence-corrected chi connectivity index (χ2v) is 7.87. The molecular formula is C18H26N2O2S. The molecule has 23 heavy (non-hydrogen) atoms. The quantitative estimate of drug-likeness (QED) is 0.922. The van der Waals surface area contributed by atoms with Gasteiger partial charge in [0.15, 0.2) is 0 Å². The lowest BCUT2D eigenvalue weighted by Gasteiger charge is -2.34. The van der Waals surface area contributed by atoms with Crippen molar-refractivity contribution in [3.05, 3.63) is 22.4 Å². The van der Waals surface area contributed by atoms with Crippen LogP contribution in [0.4, 0.5) is 0 Å². The van der Waals surface area contributed by atoms with E-state index < -0.39 is 0 Å². The van der Waals surface area contributed by atoms with Crippen molar-refractivity contribution in [2.75, 3.05) is 13.1 Å². The zero-order valence-electron chi connectivity index (χ0n) is 13.8. The molecule has 0 bridgehead atoms. The van der Waals surface area contributed by atoms with Gasteiger partial charge in [0.05, 0.1) is 4.88 Å². The molecule has 5 heteroatoms. The third-order valence-electron chi connectivity index (χ3n) is 5.32. The Kier molecular flexibility index (Phi) is 5.36. The number of hydrogen-bond donors (Lipinski definition) is 1. The van der Waals surface area contributed by atoms with Gasteiger partial charge in [-0.1, -0.05) is 25.8 Å². The maximum absolute atomic E-state index is 12.5. The van der Waals surface area contributed by atoms with Gasteiger partial charge in [-0.3, -0.25) is 9.59 Å². The Morgan fingerprint density at radius 2 is 1.91 bits per heavy atom. The van der Waals surface area contributed by atoms with Gasteiger partial charge >= 0.3 is 0 Å². The zero-order chi connectivity index (χ0) is 16.2. The number of carbonyl (C=O) groups excluding carboxylic acids is 2. The minimum atomic E-state index is 0.0662. The predicted molar refractivity (Wildman–Crippen MR) is 92.5 cm³/mol. The van der Waals surface area contributed by atoms with Crippen LogP contribution < -0.4 is 5.32 Å². The summed E-state index contributed by atoms with van der Waals surface area (Å²) >= 11 is 1.48. The first kappa shape index (κ1) is 16.5. The number of likely N-dealkylation sites (tertiary alicyclic amines) is 1. The maximum atomic E-state index is 12.5. The van der Waals surface area contributed by atoms with Gasteiger partial charge in [0, 0.05) is 25.0 Å². The molecule has 1 aromatic heterocycles. The van der Waals surface area contributed by atoms with E-state index in [0.717, 1.165) is 24.1 Å². The lowest BCUT2D eigenvalue weighted by atomic mass is 9.85. The Morgan fingerprint density at radius 1 is 1.17 bits per heavy atom. The molecule has 2 amide bonds. The van der Waals surface area contributed by atoms with Gasteiger partial charge in [0.1, 0.15) is 0 Å². The topological polar surface area (TPSA) is 49.4 Å². The first-order valence-corrected chi connectivity index (χ1v) is 9.66. The molecule has 3 rings (SSSR count). The van der Waals surface area contributed by atoms with E-state index in [1.807, 2.05) is 22.4 Å². The molecule has 126 valence electrons. The SMILES string of the molecule is C[C@H]1CCCC[C@H]1NC(=O)C1CCN(C(=O)c2cccs2)CC1. The van der Waals surface area contributed by atoms with Crippen LogP contribution in [0.25, 0.3) is 0 Å². The Labute approximate surface area is 142 Å². The van der Waals surface area contributed by atoms with Gasteiger partial charge in [-0.2, -0.15) is 0 Å². The monoisotopic (exact) mass is 334 g/mol. The Balaban J connectivity index is 1.48. The van der Waals surface area contributed by atoms with Crippen molar-refractivity contribution in [1.82, 2.24) is 10.2 Å². The summed E-state index contributed by atoms with van der Waals surface area (Å²) in [5.74, 6) is 0.969. The summed E-state index contributed by atoms with van der Waals surface area (Å²) in [6.45, 7) is 3.62. The highest BCUT2D eigenvalue weighted by Gasteiger charge is 2.30. The van der Waals surface area contributed by atoms with Crippen LogP contribution in [0.1, 0.15) is 55.1 Å². The summed E-state index contributed by atoms with van der Waals surface area (Å²) < 4.78 is 0. The van der Waals surface area contributed by atoms with Crippen LogP contribution >= 0.6 is 11.3 Å². The molecule has 1 saturated heterocycles. The average Bonchev–Trinajstić information content (AvgIpc) is 3.11. The van der Waals surface area contributed by atoms with Crippen LogP contribution in [0, 0.1) is 11.8 Å². The predicted octanol–water partition coefficient (Wildman–Crippen LogP) is 3.30. The Bertz CT molecular complexity index is 535. The van der Waals surface area contributed by atoms with Gasteiger partial charge < -0.3 is 10.2 Å². The summed E-state index contributed by atoms with van der Waals surface area (Å²) in [6, 6.07) is 4.13. The Morgan fingerprint density at radius 3 is 2.57 bits per heavy atom. The molecule has 2 aliphatic rings. The highest BCUT2D eigenvalue weighted by Crippen LogP contribution is 2.25. The van der Waals surface area contributed by atoms with Crippen molar-refractivity contribution in [2.45, 2.75) is 51.5 Å². The van der Waals surface area contributed by atoms with Gasteiger partial charge in [-0.25, -0.2) is 0 Å². The summed E-state index contributed by atoms with van der Waals surface area (Å²) in [5.41, 5.74) is 0. The summed E-state index contributed by atoms with van der Waals surface area (Å²) in [6.07, 6.45) is 6.41. The number of carbonyl (C=O) groups is 2. The average molecular weight is 334 g/mol. The van der Waals surface area contributed by atoms with Crippen molar-refractivity contribution in [2.24, 2.45) is 11.8 Å². The first-order chi connectivity index (χ1) is 11.1. The van der Waals surface area contributed by atoms with Gasteiger partial charge in [-0.15, -0.1) is 11.3 Å². The van der Waals surface area contributed by atoms with Crippen molar-refractivity contribution in [3.8, 4) is 0 Å². The molecule has 1 aliphatic heterocycles. The third kappa shape index (κ3) is 3.94. The highest BCUT2D eigenvalue weighted by atomic mass is 32.1. The van der Waals surface area contributed by atoms with Crippen LogP contribution in [0.5, 0.6) is 0 Å². The van der Waals surface area contributed by atoms with E-state index in [-0.39, 0.29) is 17.7 Å². The summed E-state index contributed by atoms with van der Waals surface area (Å²) in [5, 5.41) is 5.20. The molecule has 1 N–H and O–H groups in total. The van der Waals surface area contributed by atoms with Crippen LogP contribution in [0.3, 0.4) is 0 Å². The summed E-state index contributed by atoms with van der Waals surface area (Å²) in [7, 11) is 0. The molecule has 0 unspecified atom stereocenters. The van der Waals surface area contributed by atoms with E-state index in [0.29, 0.717) is 25.0 Å². The van der Waals surface area contributed by atoms with Crippen molar-refractivity contribution in [3.63, 3.8) is 0 Å². The van der Waals surface area contributed by atoms with Crippen LogP contribution in [0.15, 0.2) is 17.5 Å². The molecule has 0 spiro atoms. The molecule has 4 nitrogen and oxygen atoms in total. The van der Waals surface area contributed by atoms with Crippen LogP contribution in [0.2, 0.25) is 0 Å². The minimum Gasteiger partial charge on any atom is -0.353 e. The first-order valence-electron chi connectivity index (χ1n) is 8.78. The smallest absolute Gasteiger partial charge is 0.263 e. The number of amides is 2. The lowest BCUT2D eigenvalue weighted by Crippen LogP contribution is -2.47. The molecule has 2 heterocycles. The van der Waals surface area contributed by atoms with E-state index in [4.69, 9.17) is 0 Å². The second kappa shape index (κ2) is 7.47. The van der Waals surface area contributed by atoms with Crippen molar-refractivity contribution in [1.29, 1.82) is 0 Å². The number of piperidine rings is 1. The number of thiophene rings is 1. The molecular weight excluding hydrogens is 308 g/mol. The van der Waals surface area contributed by atoms with E-state index in [9.17, 15) is 9.59 Å². The van der Waals surface area contributed by atoms with Gasteiger partial charge in [0.25, 0.3) is 5.91 Å². The molecule has 2 atom stereocenters. The van der Waals surface area contributed by atoms with Crippen molar-refractivity contribution < 1.29 is 9.59 Å². The number of nitrogens with zero attached hydrogens (tertiary/aromatic N) is 1. The highest BCUT2D eigenvalue weighted by molar-refractivity contribution is 7.12. The van der Waals surface area contributed by atoms with Gasteiger partial charge in [0.2, 0.25) is 5.91 Å². The van der Waals surface area contributed by atoms with E-state index in [1.165, 1.54) is 30.6 Å². The molecule has 0 radical (unpaired) electrons. The fourth-order valence-corrected chi connectivity index (χ4v) is 4.42. The maximum Gasteiger partial charge on any atom is 0.263 e. The van der Waals surface area contributed by atoms with Crippen molar-refractivity contribution >= 4 is 23.2 Å². The fraction of sp³-hybridized carbons (Fsp3) is 0.667. The molecule has 1 aliphatic carbocycles. The second-order valence-electron chi connectivity index (χ2n) is 6.92. The zero-order valence-corrected chi connectivity index (χ0v) is 14.6. The normalized spacial score (nSPS) is 26.0. The van der Waals surface area contributed by atoms with E-state index in [2.05, 4.69) is 12.2 Å². The third-order valence-corrected chi connectivity index (χ3v) is 6.18. The van der Waals surface area contributed by atoms with Crippen LogP contribution in [-0.4, -0.2) is 35.8 Å². The Hall–Kier alpha value is -1.36. The molecule has 1 saturated carbocycles. The number of rotatable bonds is 3. The van der Waals surface area contributed by atoms with E-state index >= 15 is 0 Å². The minimum absolute atomic E-state index is 0.0662. The molecule has 1 aromatic rings. The molecule has 0 aromatic carbocycles. The summed E-state index contributed by atoms with van der Waals surface area (Å²) in [4.78, 5) is 27.5. The standard InChI is InChI=1S/C18H26N2O2S/c1-13-5-2-3-6-15(13)19-17(21)14-8-10-20(11-9-14)18(22)16-7-4-12-23-16/h4,7,12-15H,2-3,5-6,8-11H2,1H3,(H,19,21)/t13-,15+/m0/s1. The van der Waals surface area contributed by atoms with Gasteiger partial charge in [-0.05, 0) is 43.0 Å². The van der Waals surface area contributed by atoms with Crippen LogP contribution in [-0.2, 0) is 4.79 Å². The number of nitrogens with one attached hydrogen (secondary N) is 1. The molecule has 2 fully saturated rings. The van der Waals surface area contributed by atoms with E-state index in [1.54, 1.807) is 0 Å².